The summed E-state index contributed by atoms with van der Waals surface area (Å²) in [7, 11) is 4.13. The van der Waals surface area contributed by atoms with Crippen molar-refractivity contribution in [3.63, 3.8) is 0 Å². The Labute approximate surface area is 115 Å². The Hall–Kier alpha value is -1.93. The summed E-state index contributed by atoms with van der Waals surface area (Å²) < 4.78 is 0. The average Bonchev–Trinajstić information content (AvgIpc) is 2.39. The second kappa shape index (κ2) is 6.30. The lowest BCUT2D eigenvalue weighted by molar-refractivity contribution is 0.457. The fourth-order valence-electron chi connectivity index (χ4n) is 1.90. The third kappa shape index (κ3) is 4.04. The molecule has 0 aliphatic rings. The van der Waals surface area contributed by atoms with Crippen molar-refractivity contribution < 1.29 is 0 Å². The number of aromatic nitrogens is 1. The molecule has 0 unspecified atom stereocenters. The number of hydrogen-bond acceptors (Lipinski definition) is 2. The summed E-state index contributed by atoms with van der Waals surface area (Å²) >= 11 is 0. The van der Waals surface area contributed by atoms with Crippen molar-refractivity contribution in [1.82, 2.24) is 9.88 Å². The number of benzene rings is 1. The van der Waals surface area contributed by atoms with Crippen molar-refractivity contribution in [1.29, 1.82) is 0 Å². The maximum atomic E-state index is 4.43. The lowest BCUT2D eigenvalue weighted by Gasteiger charge is -2.05. The normalized spacial score (nSPS) is 11.4. The molecule has 0 spiro atoms. The number of likely N-dealkylation sites (N-methyl/N-ethyl adjacent to an activating group) is 1. The van der Waals surface area contributed by atoms with Crippen LogP contribution in [0.15, 0.2) is 48.7 Å². The number of nitrogens with zero attached hydrogens (tertiary/aromatic N) is 2. The first-order valence-electron chi connectivity index (χ1n) is 6.49. The first-order chi connectivity index (χ1) is 9.15. The van der Waals surface area contributed by atoms with Gasteiger partial charge in [-0.15, -0.1) is 0 Å². The smallest absolute Gasteiger partial charge is 0.0704 e. The van der Waals surface area contributed by atoms with Crippen LogP contribution in [-0.2, 0) is 0 Å². The Morgan fingerprint density at radius 1 is 1.16 bits per heavy atom. The summed E-state index contributed by atoms with van der Waals surface area (Å²) in [5.74, 6) is 0. The van der Waals surface area contributed by atoms with Crippen LogP contribution in [0.5, 0.6) is 0 Å². The summed E-state index contributed by atoms with van der Waals surface area (Å²) in [4.78, 5) is 6.57. The molecule has 2 aromatic rings. The quantitative estimate of drug-likeness (QED) is 0.826. The summed E-state index contributed by atoms with van der Waals surface area (Å²) in [5, 5.41) is 0. The van der Waals surface area contributed by atoms with E-state index in [0.29, 0.717) is 0 Å². The summed E-state index contributed by atoms with van der Waals surface area (Å²) in [6, 6.07) is 12.6. The van der Waals surface area contributed by atoms with Gasteiger partial charge in [-0.1, -0.05) is 30.4 Å². The largest absolute Gasteiger partial charge is 0.306 e. The minimum atomic E-state index is 0.951. The Morgan fingerprint density at radius 3 is 2.74 bits per heavy atom. The predicted octanol–water partition coefficient (Wildman–Crippen LogP) is 3.63. The molecule has 19 heavy (non-hydrogen) atoms. The molecule has 0 bridgehead atoms. The van der Waals surface area contributed by atoms with Gasteiger partial charge in [-0.3, -0.25) is 4.98 Å². The van der Waals surface area contributed by atoms with Crippen LogP contribution in [0.3, 0.4) is 0 Å². The van der Waals surface area contributed by atoms with Crippen LogP contribution in [-0.4, -0.2) is 30.5 Å². The van der Waals surface area contributed by atoms with Crippen molar-refractivity contribution >= 4 is 6.08 Å². The maximum absolute atomic E-state index is 4.43. The van der Waals surface area contributed by atoms with Gasteiger partial charge in [-0.2, -0.15) is 0 Å². The molecule has 2 nitrogen and oxygen atoms in total. The summed E-state index contributed by atoms with van der Waals surface area (Å²) in [6.45, 7) is 3.04. The van der Waals surface area contributed by atoms with Crippen molar-refractivity contribution in [2.24, 2.45) is 0 Å². The van der Waals surface area contributed by atoms with Gasteiger partial charge in [0, 0.05) is 18.3 Å². The molecule has 0 aliphatic heterocycles. The molecular formula is C17H20N2. The maximum Gasteiger partial charge on any atom is 0.0704 e. The fourth-order valence-corrected chi connectivity index (χ4v) is 1.90. The molecule has 2 heteroatoms. The molecule has 0 saturated heterocycles. The minimum Gasteiger partial charge on any atom is -0.306 e. The molecule has 1 heterocycles. The van der Waals surface area contributed by atoms with Crippen molar-refractivity contribution in [2.45, 2.75) is 6.92 Å². The van der Waals surface area contributed by atoms with E-state index >= 15 is 0 Å². The van der Waals surface area contributed by atoms with Crippen LogP contribution in [0.25, 0.3) is 17.3 Å². The zero-order valence-corrected chi connectivity index (χ0v) is 11.8. The van der Waals surface area contributed by atoms with Crippen LogP contribution in [0.1, 0.15) is 11.1 Å². The van der Waals surface area contributed by atoms with Crippen molar-refractivity contribution in [2.75, 3.05) is 20.6 Å². The number of hydrogen-bond donors (Lipinski definition) is 0. The van der Waals surface area contributed by atoms with E-state index < -0.39 is 0 Å². The first-order valence-corrected chi connectivity index (χ1v) is 6.49. The topological polar surface area (TPSA) is 16.1 Å². The van der Waals surface area contributed by atoms with Crippen LogP contribution >= 0.6 is 0 Å². The van der Waals surface area contributed by atoms with Crippen LogP contribution < -0.4 is 0 Å². The third-order valence-electron chi connectivity index (χ3n) is 2.88. The van der Waals surface area contributed by atoms with Gasteiger partial charge in [0.15, 0.2) is 0 Å². The van der Waals surface area contributed by atoms with E-state index in [9.17, 15) is 0 Å². The molecule has 0 aliphatic carbocycles. The molecule has 0 fully saturated rings. The van der Waals surface area contributed by atoms with Gasteiger partial charge < -0.3 is 4.90 Å². The predicted molar refractivity (Wildman–Crippen MR) is 82.0 cm³/mol. The highest BCUT2D eigenvalue weighted by atomic mass is 15.0. The van der Waals surface area contributed by atoms with Gasteiger partial charge in [-0.25, -0.2) is 0 Å². The van der Waals surface area contributed by atoms with Crippen LogP contribution in [0.4, 0.5) is 0 Å². The van der Waals surface area contributed by atoms with Crippen molar-refractivity contribution in [3.8, 4) is 11.3 Å². The molecule has 0 radical (unpaired) electrons. The third-order valence-corrected chi connectivity index (χ3v) is 2.88. The molecule has 98 valence electrons. The van der Waals surface area contributed by atoms with E-state index in [2.05, 4.69) is 73.4 Å². The number of pyridine rings is 1. The standard InChI is InChI=1S/C17H20N2/c1-14-9-10-18-17(12-14)16-8-4-6-15(13-16)7-5-11-19(2)3/h4-10,12-13H,11H2,1-3H3/b7-5+. The lowest BCUT2D eigenvalue weighted by Crippen LogP contribution is -2.10. The average molecular weight is 252 g/mol. The van der Waals surface area contributed by atoms with Crippen LogP contribution in [0.2, 0.25) is 0 Å². The first kappa shape index (κ1) is 13.5. The van der Waals surface area contributed by atoms with E-state index in [1.807, 2.05) is 12.3 Å². The van der Waals surface area contributed by atoms with Gasteiger partial charge in [-0.05, 0) is 50.3 Å². The Kier molecular flexibility index (Phi) is 4.48. The van der Waals surface area contributed by atoms with Gasteiger partial charge in [0.2, 0.25) is 0 Å². The molecule has 0 amide bonds. The van der Waals surface area contributed by atoms with E-state index in [1.54, 1.807) is 0 Å². The molecule has 0 atom stereocenters. The van der Waals surface area contributed by atoms with Crippen LogP contribution in [0, 0.1) is 6.92 Å². The highest BCUT2D eigenvalue weighted by molar-refractivity contribution is 5.64. The second-order valence-corrected chi connectivity index (χ2v) is 5.01. The van der Waals surface area contributed by atoms with Gasteiger partial charge in [0.25, 0.3) is 0 Å². The molecule has 0 saturated carbocycles. The molecule has 1 aromatic heterocycles. The van der Waals surface area contributed by atoms with Gasteiger partial charge in [0.05, 0.1) is 5.69 Å². The summed E-state index contributed by atoms with van der Waals surface area (Å²) in [6.07, 6.45) is 6.18. The SMILES string of the molecule is Cc1ccnc(-c2cccc(/C=C/CN(C)C)c2)c1. The van der Waals surface area contributed by atoms with E-state index in [1.165, 1.54) is 11.1 Å². The van der Waals surface area contributed by atoms with E-state index in [4.69, 9.17) is 0 Å². The molecular weight excluding hydrogens is 232 g/mol. The molecule has 2 rings (SSSR count). The molecule has 1 aromatic carbocycles. The highest BCUT2D eigenvalue weighted by Gasteiger charge is 1.99. The van der Waals surface area contributed by atoms with E-state index in [0.717, 1.165) is 17.8 Å². The lowest BCUT2D eigenvalue weighted by atomic mass is 10.1. The zero-order chi connectivity index (χ0) is 13.7. The Bertz CT molecular complexity index is 571. The monoisotopic (exact) mass is 252 g/mol. The van der Waals surface area contributed by atoms with Gasteiger partial charge in [0.1, 0.15) is 0 Å². The number of aryl methyl sites for hydroxylation is 1. The minimum absolute atomic E-state index is 0.951. The number of rotatable bonds is 4. The zero-order valence-electron chi connectivity index (χ0n) is 11.8. The van der Waals surface area contributed by atoms with E-state index in [-0.39, 0.29) is 0 Å². The molecule has 0 N–H and O–H groups in total. The van der Waals surface area contributed by atoms with Gasteiger partial charge >= 0.3 is 0 Å². The Balaban J connectivity index is 2.22. The summed E-state index contributed by atoms with van der Waals surface area (Å²) in [5.41, 5.74) is 4.64. The highest BCUT2D eigenvalue weighted by Crippen LogP contribution is 2.19. The Morgan fingerprint density at radius 2 is 2.00 bits per heavy atom. The fraction of sp³-hybridized carbons (Fsp3) is 0.235. The van der Waals surface area contributed by atoms with Crippen molar-refractivity contribution in [3.05, 3.63) is 59.8 Å². The second-order valence-electron chi connectivity index (χ2n) is 5.01.